The minimum Gasteiger partial charge on any atom is -0.497 e. The highest BCUT2D eigenvalue weighted by Crippen LogP contribution is 2.31. The lowest BCUT2D eigenvalue weighted by Crippen LogP contribution is -2.40. The van der Waals surface area contributed by atoms with Crippen LogP contribution >= 0.6 is 11.3 Å². The molecule has 0 saturated heterocycles. The summed E-state index contributed by atoms with van der Waals surface area (Å²) in [5, 5.41) is 7.45. The van der Waals surface area contributed by atoms with E-state index in [9.17, 15) is 9.59 Å². The first kappa shape index (κ1) is 24.5. The molecule has 188 valence electrons. The lowest BCUT2D eigenvalue weighted by Gasteiger charge is -2.25. The van der Waals surface area contributed by atoms with Crippen molar-refractivity contribution in [1.29, 1.82) is 0 Å². The van der Waals surface area contributed by atoms with Gasteiger partial charge in [0.15, 0.2) is 4.80 Å². The van der Waals surface area contributed by atoms with Crippen LogP contribution < -0.4 is 24.9 Å². The third-order valence-corrected chi connectivity index (χ3v) is 7.31. The van der Waals surface area contributed by atoms with Crippen molar-refractivity contribution in [3.8, 4) is 5.75 Å². The number of amides is 1. The van der Waals surface area contributed by atoms with Crippen molar-refractivity contribution in [2.75, 3.05) is 12.4 Å². The van der Waals surface area contributed by atoms with Gasteiger partial charge in [0.25, 0.3) is 11.5 Å². The summed E-state index contributed by atoms with van der Waals surface area (Å²) in [5.41, 5.74) is 3.97. The fraction of sp³-hybridized carbons (Fsp3) is 0.214. The Morgan fingerprint density at radius 1 is 1.14 bits per heavy atom. The lowest BCUT2D eigenvalue weighted by molar-refractivity contribution is -0.113. The van der Waals surface area contributed by atoms with E-state index in [1.54, 1.807) is 11.7 Å². The summed E-state index contributed by atoms with van der Waals surface area (Å²) in [6, 6.07) is 16.0. The van der Waals surface area contributed by atoms with Crippen LogP contribution in [0.2, 0.25) is 0 Å². The monoisotopic (exact) mass is 513 g/mol. The highest BCUT2D eigenvalue weighted by atomic mass is 32.1. The second-order valence-electron chi connectivity index (χ2n) is 8.70. The summed E-state index contributed by atoms with van der Waals surface area (Å²) in [6.07, 6.45) is 3.78. The largest absolute Gasteiger partial charge is 0.497 e. The van der Waals surface area contributed by atoms with Gasteiger partial charge in [-0.3, -0.25) is 18.8 Å². The molecule has 3 heterocycles. The van der Waals surface area contributed by atoms with Gasteiger partial charge in [-0.1, -0.05) is 41.7 Å². The maximum atomic E-state index is 13.8. The molecular formula is C28H27N5O3S. The SMILES string of the molecule is CCn1cc(C=c2sc3n(c2=O)[C@H](c2ccc(OC)cc2)C(C(=O)Nc2ccccc2)=C(C)N=3)c(C)n1. The zero-order valence-corrected chi connectivity index (χ0v) is 21.9. The minimum atomic E-state index is -0.646. The molecule has 0 radical (unpaired) electrons. The third-order valence-electron chi connectivity index (χ3n) is 6.32. The van der Waals surface area contributed by atoms with Gasteiger partial charge >= 0.3 is 0 Å². The zero-order chi connectivity index (χ0) is 26.1. The molecular weight excluding hydrogens is 486 g/mol. The second kappa shape index (κ2) is 10.0. The van der Waals surface area contributed by atoms with Gasteiger partial charge in [0.2, 0.25) is 0 Å². The normalized spacial score (nSPS) is 15.4. The number of fused-ring (bicyclic) bond motifs is 1. The number of para-hydroxylation sites is 1. The van der Waals surface area contributed by atoms with E-state index in [0.29, 0.717) is 32.0 Å². The number of ether oxygens (including phenoxy) is 1. The van der Waals surface area contributed by atoms with Crippen molar-refractivity contribution in [1.82, 2.24) is 14.3 Å². The van der Waals surface area contributed by atoms with Crippen LogP contribution in [0.3, 0.4) is 0 Å². The van der Waals surface area contributed by atoms with E-state index in [1.807, 2.05) is 92.3 Å². The maximum Gasteiger partial charge on any atom is 0.271 e. The van der Waals surface area contributed by atoms with Crippen LogP contribution in [0.1, 0.15) is 36.7 Å². The number of carbonyl (C=O) groups is 1. The number of nitrogens with zero attached hydrogens (tertiary/aromatic N) is 4. The average Bonchev–Trinajstić information content (AvgIpc) is 3.42. The number of allylic oxidation sites excluding steroid dienone is 1. The summed E-state index contributed by atoms with van der Waals surface area (Å²) in [7, 11) is 1.60. The number of thiazole rings is 1. The first-order valence-electron chi connectivity index (χ1n) is 12.0. The number of methoxy groups -OCH3 is 1. The molecule has 0 saturated carbocycles. The Hall–Kier alpha value is -4.24. The Balaban J connectivity index is 1.67. The van der Waals surface area contributed by atoms with E-state index in [1.165, 1.54) is 11.3 Å². The smallest absolute Gasteiger partial charge is 0.271 e. The molecule has 1 aliphatic rings. The van der Waals surface area contributed by atoms with Gasteiger partial charge < -0.3 is 10.1 Å². The Kier molecular flexibility index (Phi) is 6.62. The summed E-state index contributed by atoms with van der Waals surface area (Å²) in [4.78, 5) is 32.7. The third kappa shape index (κ3) is 4.65. The number of carbonyl (C=O) groups excluding carboxylic acids is 1. The Bertz CT molecular complexity index is 1680. The molecule has 2 aromatic carbocycles. The van der Waals surface area contributed by atoms with Gasteiger partial charge in [-0.25, -0.2) is 4.99 Å². The van der Waals surface area contributed by atoms with Crippen molar-refractivity contribution in [2.45, 2.75) is 33.4 Å². The molecule has 0 bridgehead atoms. The van der Waals surface area contributed by atoms with Gasteiger partial charge in [-0.05, 0) is 56.7 Å². The molecule has 5 rings (SSSR count). The predicted octanol–water partition coefficient (Wildman–Crippen LogP) is 3.41. The zero-order valence-electron chi connectivity index (χ0n) is 21.1. The standard InChI is InChI=1S/C28H27N5O3S/c1-5-32-16-20(17(2)31-32)15-23-27(35)33-25(19-11-13-22(36-4)14-12-19)24(18(3)29-28(33)37-23)26(34)30-21-9-7-6-8-10-21/h6-16,25H,5H2,1-4H3,(H,30,34)/t25-/m1/s1. The molecule has 1 amide bonds. The fourth-order valence-corrected chi connectivity index (χ4v) is 5.45. The maximum absolute atomic E-state index is 13.8. The van der Waals surface area contributed by atoms with Crippen molar-refractivity contribution >= 4 is 29.0 Å². The van der Waals surface area contributed by atoms with E-state index in [0.717, 1.165) is 23.4 Å². The van der Waals surface area contributed by atoms with Gasteiger partial charge in [0.05, 0.1) is 34.6 Å². The van der Waals surface area contributed by atoms with E-state index < -0.39 is 6.04 Å². The number of nitrogens with one attached hydrogen (secondary N) is 1. The summed E-state index contributed by atoms with van der Waals surface area (Å²) >= 11 is 1.31. The summed E-state index contributed by atoms with van der Waals surface area (Å²) in [5.74, 6) is 0.387. The minimum absolute atomic E-state index is 0.203. The Morgan fingerprint density at radius 2 is 1.86 bits per heavy atom. The predicted molar refractivity (Wildman–Crippen MR) is 144 cm³/mol. The molecule has 0 fully saturated rings. The van der Waals surface area contributed by atoms with Gasteiger partial charge in [0, 0.05) is 24.0 Å². The van der Waals surface area contributed by atoms with Gasteiger partial charge in [-0.2, -0.15) is 5.10 Å². The number of aryl methyl sites for hydroxylation is 2. The Labute approximate surface area is 217 Å². The summed E-state index contributed by atoms with van der Waals surface area (Å²) in [6.45, 7) is 6.49. The van der Waals surface area contributed by atoms with E-state index in [-0.39, 0.29) is 11.5 Å². The molecule has 4 aromatic rings. The molecule has 9 heteroatoms. The average molecular weight is 514 g/mol. The van der Waals surface area contributed by atoms with Gasteiger partial charge in [-0.15, -0.1) is 0 Å². The fourth-order valence-electron chi connectivity index (χ4n) is 4.41. The molecule has 0 spiro atoms. The first-order valence-corrected chi connectivity index (χ1v) is 12.8. The van der Waals surface area contributed by atoms with Crippen LogP contribution in [0.5, 0.6) is 5.75 Å². The van der Waals surface area contributed by atoms with Crippen LogP contribution in [0.25, 0.3) is 6.08 Å². The lowest BCUT2D eigenvalue weighted by atomic mass is 9.95. The number of hydrogen-bond acceptors (Lipinski definition) is 6. The van der Waals surface area contributed by atoms with Crippen LogP contribution in [-0.4, -0.2) is 27.4 Å². The van der Waals surface area contributed by atoms with Gasteiger partial charge in [0.1, 0.15) is 5.75 Å². The number of aromatic nitrogens is 3. The molecule has 8 nitrogen and oxygen atoms in total. The van der Waals surface area contributed by atoms with Crippen molar-refractivity contribution < 1.29 is 9.53 Å². The molecule has 37 heavy (non-hydrogen) atoms. The highest BCUT2D eigenvalue weighted by Gasteiger charge is 2.32. The number of hydrogen-bond donors (Lipinski definition) is 1. The van der Waals surface area contributed by atoms with Crippen LogP contribution in [0.4, 0.5) is 5.69 Å². The van der Waals surface area contributed by atoms with Crippen LogP contribution in [-0.2, 0) is 11.3 Å². The summed E-state index contributed by atoms with van der Waals surface area (Å²) < 4.78 is 9.32. The molecule has 0 unspecified atom stereocenters. The Morgan fingerprint density at radius 3 is 2.51 bits per heavy atom. The molecule has 1 atom stereocenters. The molecule has 0 aliphatic carbocycles. The van der Waals surface area contributed by atoms with E-state index in [4.69, 9.17) is 9.73 Å². The molecule has 1 N–H and O–H groups in total. The van der Waals surface area contributed by atoms with Crippen LogP contribution in [0, 0.1) is 6.92 Å². The number of anilines is 1. The number of benzene rings is 2. The highest BCUT2D eigenvalue weighted by molar-refractivity contribution is 7.07. The van der Waals surface area contributed by atoms with E-state index >= 15 is 0 Å². The number of rotatable bonds is 6. The van der Waals surface area contributed by atoms with Crippen molar-refractivity contribution in [3.05, 3.63) is 109 Å². The second-order valence-corrected chi connectivity index (χ2v) is 9.71. The topological polar surface area (TPSA) is 90.5 Å². The van der Waals surface area contributed by atoms with Crippen LogP contribution in [0.15, 0.2) is 81.9 Å². The molecule has 1 aliphatic heterocycles. The quantitative estimate of drug-likeness (QED) is 0.428. The first-order chi connectivity index (χ1) is 17.9. The van der Waals surface area contributed by atoms with Crippen molar-refractivity contribution in [3.63, 3.8) is 0 Å². The van der Waals surface area contributed by atoms with E-state index in [2.05, 4.69) is 10.4 Å². The molecule has 2 aromatic heterocycles. The van der Waals surface area contributed by atoms with Crippen molar-refractivity contribution in [2.24, 2.45) is 4.99 Å².